The molecule has 1 aliphatic rings. The molecule has 114 valence electrons. The number of amides is 1. The number of hydrogen-bond donors (Lipinski definition) is 1. The molecule has 0 saturated carbocycles. The van der Waals surface area contributed by atoms with Crippen LogP contribution < -0.4 is 14.8 Å². The van der Waals surface area contributed by atoms with Crippen LogP contribution in [0.3, 0.4) is 0 Å². The molecule has 3 rings (SSSR count). The van der Waals surface area contributed by atoms with Crippen LogP contribution in [-0.2, 0) is 0 Å². The fourth-order valence-corrected chi connectivity index (χ4v) is 2.40. The molecule has 2 heterocycles. The normalized spacial score (nSPS) is 14.0. The van der Waals surface area contributed by atoms with Crippen LogP contribution in [-0.4, -0.2) is 17.7 Å². The summed E-state index contributed by atoms with van der Waals surface area (Å²) in [6.07, 6.45) is 1.73. The lowest BCUT2D eigenvalue weighted by atomic mass is 9.99. The van der Waals surface area contributed by atoms with E-state index in [1.165, 1.54) is 0 Å². The molecule has 1 aromatic carbocycles. The molecule has 1 atom stereocenters. The standard InChI is InChI=1S/C17H18N2O3/c1-11(2)16(13-5-3-4-8-18-13)19-17(20)12-6-7-14-15(9-12)22-10-21-14/h3-9,11,16H,10H2,1-2H3,(H,19,20). The van der Waals surface area contributed by atoms with Crippen LogP contribution in [0.1, 0.15) is 35.9 Å². The molecular weight excluding hydrogens is 280 g/mol. The Kier molecular flexibility index (Phi) is 3.96. The van der Waals surface area contributed by atoms with Gasteiger partial charge in [-0.05, 0) is 36.2 Å². The van der Waals surface area contributed by atoms with Gasteiger partial charge < -0.3 is 14.8 Å². The van der Waals surface area contributed by atoms with Crippen molar-refractivity contribution in [3.8, 4) is 11.5 Å². The van der Waals surface area contributed by atoms with Gasteiger partial charge in [-0.25, -0.2) is 0 Å². The summed E-state index contributed by atoms with van der Waals surface area (Å²) in [6.45, 7) is 4.31. The maximum absolute atomic E-state index is 12.5. The quantitative estimate of drug-likeness (QED) is 0.942. The number of fused-ring (bicyclic) bond motifs is 1. The minimum absolute atomic E-state index is 0.140. The van der Waals surface area contributed by atoms with Crippen LogP contribution in [0.15, 0.2) is 42.6 Å². The van der Waals surface area contributed by atoms with E-state index in [-0.39, 0.29) is 24.7 Å². The molecule has 1 aliphatic heterocycles. The minimum Gasteiger partial charge on any atom is -0.454 e. The zero-order chi connectivity index (χ0) is 15.5. The molecule has 1 unspecified atom stereocenters. The Bertz CT molecular complexity index is 671. The first-order chi connectivity index (χ1) is 10.6. The van der Waals surface area contributed by atoms with E-state index in [0.717, 1.165) is 5.69 Å². The van der Waals surface area contributed by atoms with Gasteiger partial charge in [-0.3, -0.25) is 9.78 Å². The van der Waals surface area contributed by atoms with Crippen molar-refractivity contribution in [2.24, 2.45) is 5.92 Å². The van der Waals surface area contributed by atoms with E-state index in [2.05, 4.69) is 24.1 Å². The van der Waals surface area contributed by atoms with Crippen LogP contribution >= 0.6 is 0 Å². The molecule has 0 bridgehead atoms. The highest BCUT2D eigenvalue weighted by Gasteiger charge is 2.22. The Labute approximate surface area is 129 Å². The smallest absolute Gasteiger partial charge is 0.251 e. The Morgan fingerprint density at radius 1 is 1.18 bits per heavy atom. The van der Waals surface area contributed by atoms with Gasteiger partial charge in [-0.1, -0.05) is 19.9 Å². The third-order valence-electron chi connectivity index (χ3n) is 3.59. The van der Waals surface area contributed by atoms with Crippen molar-refractivity contribution >= 4 is 5.91 Å². The summed E-state index contributed by atoms with van der Waals surface area (Å²) in [5.74, 6) is 1.35. The van der Waals surface area contributed by atoms with Crippen LogP contribution in [0.2, 0.25) is 0 Å². The van der Waals surface area contributed by atoms with Gasteiger partial charge in [0.25, 0.3) is 5.91 Å². The summed E-state index contributed by atoms with van der Waals surface area (Å²) in [7, 11) is 0. The predicted octanol–water partition coefficient (Wildman–Crippen LogP) is 2.94. The first kappa shape index (κ1) is 14.4. The van der Waals surface area contributed by atoms with Crippen molar-refractivity contribution < 1.29 is 14.3 Å². The van der Waals surface area contributed by atoms with Crippen LogP contribution in [0.25, 0.3) is 0 Å². The summed E-state index contributed by atoms with van der Waals surface area (Å²) in [5, 5.41) is 3.04. The van der Waals surface area contributed by atoms with E-state index in [0.29, 0.717) is 17.1 Å². The number of benzene rings is 1. The molecule has 2 aromatic rings. The van der Waals surface area contributed by atoms with Crippen LogP contribution in [0.5, 0.6) is 11.5 Å². The predicted molar refractivity (Wildman–Crippen MR) is 81.8 cm³/mol. The van der Waals surface area contributed by atoms with Gasteiger partial charge in [-0.2, -0.15) is 0 Å². The van der Waals surface area contributed by atoms with Crippen molar-refractivity contribution in [3.63, 3.8) is 0 Å². The second-order valence-corrected chi connectivity index (χ2v) is 5.52. The number of nitrogens with one attached hydrogen (secondary N) is 1. The zero-order valence-electron chi connectivity index (χ0n) is 12.6. The van der Waals surface area contributed by atoms with Gasteiger partial charge in [0.15, 0.2) is 11.5 Å². The SMILES string of the molecule is CC(C)C(NC(=O)c1ccc2c(c1)OCO2)c1ccccn1. The summed E-state index contributed by atoms with van der Waals surface area (Å²) < 4.78 is 10.6. The number of pyridine rings is 1. The highest BCUT2D eigenvalue weighted by molar-refractivity contribution is 5.95. The van der Waals surface area contributed by atoms with Crippen molar-refractivity contribution in [2.75, 3.05) is 6.79 Å². The molecule has 0 saturated heterocycles. The first-order valence-corrected chi connectivity index (χ1v) is 7.26. The van der Waals surface area contributed by atoms with Gasteiger partial charge in [-0.15, -0.1) is 0 Å². The third-order valence-corrected chi connectivity index (χ3v) is 3.59. The van der Waals surface area contributed by atoms with Crippen molar-refractivity contribution in [1.82, 2.24) is 10.3 Å². The molecule has 1 aromatic heterocycles. The summed E-state index contributed by atoms with van der Waals surface area (Å²) >= 11 is 0. The highest BCUT2D eigenvalue weighted by Crippen LogP contribution is 2.32. The Balaban J connectivity index is 1.80. The highest BCUT2D eigenvalue weighted by atomic mass is 16.7. The van der Waals surface area contributed by atoms with Crippen molar-refractivity contribution in [2.45, 2.75) is 19.9 Å². The maximum atomic E-state index is 12.5. The first-order valence-electron chi connectivity index (χ1n) is 7.26. The number of rotatable bonds is 4. The third kappa shape index (κ3) is 2.88. The topological polar surface area (TPSA) is 60.5 Å². The van der Waals surface area contributed by atoms with E-state index >= 15 is 0 Å². The van der Waals surface area contributed by atoms with E-state index < -0.39 is 0 Å². The van der Waals surface area contributed by atoms with E-state index in [9.17, 15) is 4.79 Å². The molecule has 0 radical (unpaired) electrons. The molecule has 0 aliphatic carbocycles. The largest absolute Gasteiger partial charge is 0.454 e. The number of hydrogen-bond acceptors (Lipinski definition) is 4. The van der Waals surface area contributed by atoms with E-state index in [4.69, 9.17) is 9.47 Å². The van der Waals surface area contributed by atoms with Crippen LogP contribution in [0, 0.1) is 5.92 Å². The minimum atomic E-state index is -0.150. The summed E-state index contributed by atoms with van der Waals surface area (Å²) in [5.41, 5.74) is 1.40. The Morgan fingerprint density at radius 2 is 2.00 bits per heavy atom. The maximum Gasteiger partial charge on any atom is 0.251 e. The lowest BCUT2D eigenvalue weighted by Crippen LogP contribution is -2.32. The molecule has 5 nitrogen and oxygen atoms in total. The van der Waals surface area contributed by atoms with Gasteiger partial charge in [0.1, 0.15) is 0 Å². The number of ether oxygens (including phenoxy) is 2. The zero-order valence-corrected chi connectivity index (χ0v) is 12.6. The lowest BCUT2D eigenvalue weighted by Gasteiger charge is -2.22. The summed E-state index contributed by atoms with van der Waals surface area (Å²) in [4.78, 5) is 16.8. The molecular formula is C17H18N2O3. The van der Waals surface area contributed by atoms with Gasteiger partial charge in [0.2, 0.25) is 6.79 Å². The molecule has 5 heteroatoms. The Hall–Kier alpha value is -2.56. The molecule has 1 amide bonds. The van der Waals surface area contributed by atoms with Crippen molar-refractivity contribution in [3.05, 3.63) is 53.9 Å². The number of carbonyl (C=O) groups is 1. The second-order valence-electron chi connectivity index (χ2n) is 5.52. The molecule has 1 N–H and O–H groups in total. The fourth-order valence-electron chi connectivity index (χ4n) is 2.40. The summed E-state index contributed by atoms with van der Waals surface area (Å²) in [6, 6.07) is 10.8. The Morgan fingerprint density at radius 3 is 2.73 bits per heavy atom. The average molecular weight is 298 g/mol. The van der Waals surface area contributed by atoms with E-state index in [1.807, 2.05) is 18.2 Å². The van der Waals surface area contributed by atoms with Crippen LogP contribution in [0.4, 0.5) is 0 Å². The second kappa shape index (κ2) is 6.05. The average Bonchev–Trinajstić information content (AvgIpc) is 3.00. The molecule has 0 fully saturated rings. The number of carbonyl (C=O) groups excluding carboxylic acids is 1. The fraction of sp³-hybridized carbons (Fsp3) is 0.294. The number of nitrogens with zero attached hydrogens (tertiary/aromatic N) is 1. The van der Waals surface area contributed by atoms with Crippen molar-refractivity contribution in [1.29, 1.82) is 0 Å². The number of aromatic nitrogens is 1. The monoisotopic (exact) mass is 298 g/mol. The lowest BCUT2D eigenvalue weighted by molar-refractivity contribution is 0.0924. The van der Waals surface area contributed by atoms with Gasteiger partial charge in [0.05, 0.1) is 11.7 Å². The molecule has 22 heavy (non-hydrogen) atoms. The van der Waals surface area contributed by atoms with Gasteiger partial charge >= 0.3 is 0 Å². The van der Waals surface area contributed by atoms with Gasteiger partial charge in [0, 0.05) is 11.8 Å². The molecule has 0 spiro atoms. The van der Waals surface area contributed by atoms with E-state index in [1.54, 1.807) is 24.4 Å².